The summed E-state index contributed by atoms with van der Waals surface area (Å²) in [4.78, 5) is 13.0. The molecule has 0 spiro atoms. The summed E-state index contributed by atoms with van der Waals surface area (Å²) >= 11 is 1.50. The molecule has 0 bridgehead atoms. The monoisotopic (exact) mass is 305 g/mol. The quantitative estimate of drug-likeness (QED) is 0.772. The maximum absolute atomic E-state index is 11.9. The highest BCUT2D eigenvalue weighted by atomic mass is 32.2. The number of H-pyrrole nitrogens is 1. The SMILES string of the molecule is CCOc1ccc(SCC(=O)NC(C)c2cn[nH]c2)cc1. The molecular weight excluding hydrogens is 286 g/mol. The number of aromatic nitrogens is 2. The van der Waals surface area contributed by atoms with Crippen LogP contribution in [-0.4, -0.2) is 28.5 Å². The minimum atomic E-state index is -0.0443. The molecule has 0 saturated carbocycles. The Balaban J connectivity index is 1.78. The normalized spacial score (nSPS) is 11.9. The molecule has 0 saturated heterocycles. The first-order valence-corrected chi connectivity index (χ1v) is 7.81. The summed E-state index contributed by atoms with van der Waals surface area (Å²) in [5.41, 5.74) is 0.967. The van der Waals surface area contributed by atoms with Crippen molar-refractivity contribution >= 4 is 17.7 Å². The van der Waals surface area contributed by atoms with Crippen LogP contribution in [0.1, 0.15) is 25.5 Å². The van der Waals surface area contributed by atoms with Crippen LogP contribution in [0.2, 0.25) is 0 Å². The van der Waals surface area contributed by atoms with Gasteiger partial charge in [-0.2, -0.15) is 5.10 Å². The van der Waals surface area contributed by atoms with Crippen molar-refractivity contribution in [1.82, 2.24) is 15.5 Å². The third kappa shape index (κ3) is 4.82. The van der Waals surface area contributed by atoms with Gasteiger partial charge >= 0.3 is 0 Å². The number of amides is 1. The molecule has 21 heavy (non-hydrogen) atoms. The Morgan fingerprint density at radius 2 is 2.19 bits per heavy atom. The third-order valence-electron chi connectivity index (χ3n) is 2.90. The van der Waals surface area contributed by atoms with Crippen molar-refractivity contribution < 1.29 is 9.53 Å². The second-order valence-corrected chi connectivity index (χ2v) is 5.56. The number of carbonyl (C=O) groups is 1. The van der Waals surface area contributed by atoms with Gasteiger partial charge in [-0.3, -0.25) is 9.89 Å². The first kappa shape index (κ1) is 15.4. The summed E-state index contributed by atoms with van der Waals surface area (Å²) in [5.74, 6) is 1.23. The largest absolute Gasteiger partial charge is 0.494 e. The molecule has 1 unspecified atom stereocenters. The zero-order valence-corrected chi connectivity index (χ0v) is 12.9. The first-order chi connectivity index (χ1) is 10.2. The van der Waals surface area contributed by atoms with E-state index in [2.05, 4.69) is 15.5 Å². The van der Waals surface area contributed by atoms with Gasteiger partial charge in [0.2, 0.25) is 5.91 Å². The number of hydrogen-bond acceptors (Lipinski definition) is 4. The van der Waals surface area contributed by atoms with Gasteiger partial charge in [-0.05, 0) is 38.1 Å². The lowest BCUT2D eigenvalue weighted by Gasteiger charge is -2.11. The number of carbonyl (C=O) groups excluding carboxylic acids is 1. The van der Waals surface area contributed by atoms with Gasteiger partial charge in [-0.1, -0.05) is 0 Å². The Bertz CT molecular complexity index is 555. The molecule has 0 fully saturated rings. The molecule has 5 nitrogen and oxygen atoms in total. The molecule has 1 amide bonds. The Kier molecular flexibility index (Phi) is 5.68. The molecule has 0 aliphatic rings. The maximum Gasteiger partial charge on any atom is 0.230 e. The van der Waals surface area contributed by atoms with Gasteiger partial charge in [-0.25, -0.2) is 0 Å². The zero-order chi connectivity index (χ0) is 15.1. The molecule has 0 aliphatic heterocycles. The van der Waals surface area contributed by atoms with Crippen LogP contribution in [-0.2, 0) is 4.79 Å². The van der Waals surface area contributed by atoms with E-state index in [0.717, 1.165) is 16.2 Å². The van der Waals surface area contributed by atoms with Crippen LogP contribution >= 0.6 is 11.8 Å². The molecule has 1 heterocycles. The lowest BCUT2D eigenvalue weighted by molar-refractivity contribution is -0.119. The van der Waals surface area contributed by atoms with Gasteiger partial charge in [0.1, 0.15) is 5.75 Å². The summed E-state index contributed by atoms with van der Waals surface area (Å²) in [5, 5.41) is 9.55. The Labute approximate surface area is 128 Å². The summed E-state index contributed by atoms with van der Waals surface area (Å²) < 4.78 is 5.38. The van der Waals surface area contributed by atoms with Crippen molar-refractivity contribution in [3.8, 4) is 5.75 Å². The molecule has 1 atom stereocenters. The van der Waals surface area contributed by atoms with Crippen molar-refractivity contribution in [2.24, 2.45) is 0 Å². The van der Waals surface area contributed by atoms with Gasteiger partial charge in [0.15, 0.2) is 0 Å². The second kappa shape index (κ2) is 7.73. The molecule has 1 aromatic heterocycles. The Morgan fingerprint density at radius 3 is 2.81 bits per heavy atom. The minimum Gasteiger partial charge on any atom is -0.494 e. The highest BCUT2D eigenvalue weighted by Crippen LogP contribution is 2.21. The number of hydrogen-bond donors (Lipinski definition) is 2. The lowest BCUT2D eigenvalue weighted by Crippen LogP contribution is -2.27. The van der Waals surface area contributed by atoms with E-state index >= 15 is 0 Å². The van der Waals surface area contributed by atoms with Crippen LogP contribution in [0, 0.1) is 0 Å². The average molecular weight is 305 g/mol. The molecule has 1 aromatic carbocycles. The lowest BCUT2D eigenvalue weighted by atomic mass is 10.2. The molecule has 0 radical (unpaired) electrons. The third-order valence-corrected chi connectivity index (χ3v) is 3.91. The van der Waals surface area contributed by atoms with Gasteiger partial charge in [0.05, 0.1) is 24.6 Å². The molecule has 0 aliphatic carbocycles. The van der Waals surface area contributed by atoms with Crippen molar-refractivity contribution in [2.75, 3.05) is 12.4 Å². The van der Waals surface area contributed by atoms with E-state index in [1.54, 1.807) is 12.4 Å². The zero-order valence-electron chi connectivity index (χ0n) is 12.1. The highest BCUT2D eigenvalue weighted by molar-refractivity contribution is 8.00. The number of ether oxygens (including phenoxy) is 1. The standard InChI is InChI=1S/C15H19N3O2S/c1-3-20-13-4-6-14(7-5-13)21-10-15(19)18-11(2)12-8-16-17-9-12/h4-9,11H,3,10H2,1-2H3,(H,16,17)(H,18,19). The molecule has 2 N–H and O–H groups in total. The van der Waals surface area contributed by atoms with Crippen LogP contribution in [0.25, 0.3) is 0 Å². The summed E-state index contributed by atoms with van der Waals surface area (Å²) in [7, 11) is 0. The first-order valence-electron chi connectivity index (χ1n) is 6.82. The predicted molar refractivity (Wildman–Crippen MR) is 83.5 cm³/mol. The molecule has 2 rings (SSSR count). The fraction of sp³-hybridized carbons (Fsp3) is 0.333. The minimum absolute atomic E-state index is 0.00239. The predicted octanol–water partition coefficient (Wildman–Crippen LogP) is 2.78. The van der Waals surface area contributed by atoms with Crippen molar-refractivity contribution in [2.45, 2.75) is 24.8 Å². The van der Waals surface area contributed by atoms with E-state index in [-0.39, 0.29) is 11.9 Å². The van der Waals surface area contributed by atoms with E-state index in [1.807, 2.05) is 38.1 Å². The Hall–Kier alpha value is -1.95. The van der Waals surface area contributed by atoms with Crippen LogP contribution in [0.3, 0.4) is 0 Å². The summed E-state index contributed by atoms with van der Waals surface area (Å²) in [6.07, 6.45) is 3.50. The molecule has 112 valence electrons. The van der Waals surface area contributed by atoms with E-state index in [4.69, 9.17) is 4.74 Å². The molecule has 6 heteroatoms. The van der Waals surface area contributed by atoms with Crippen LogP contribution in [0.15, 0.2) is 41.6 Å². The van der Waals surface area contributed by atoms with E-state index in [1.165, 1.54) is 11.8 Å². The number of benzene rings is 1. The number of rotatable bonds is 7. The maximum atomic E-state index is 11.9. The smallest absolute Gasteiger partial charge is 0.230 e. The number of nitrogens with one attached hydrogen (secondary N) is 2. The van der Waals surface area contributed by atoms with Crippen molar-refractivity contribution in [3.63, 3.8) is 0 Å². The van der Waals surface area contributed by atoms with Crippen molar-refractivity contribution in [3.05, 3.63) is 42.2 Å². The number of nitrogens with zero attached hydrogens (tertiary/aromatic N) is 1. The van der Waals surface area contributed by atoms with Crippen LogP contribution in [0.4, 0.5) is 0 Å². The van der Waals surface area contributed by atoms with Gasteiger partial charge in [-0.15, -0.1) is 11.8 Å². The summed E-state index contributed by atoms with van der Waals surface area (Å²) in [6.45, 7) is 4.54. The van der Waals surface area contributed by atoms with E-state index < -0.39 is 0 Å². The van der Waals surface area contributed by atoms with Gasteiger partial charge in [0, 0.05) is 16.7 Å². The average Bonchev–Trinajstić information content (AvgIpc) is 3.01. The number of aromatic amines is 1. The van der Waals surface area contributed by atoms with E-state index in [9.17, 15) is 4.79 Å². The molecular formula is C15H19N3O2S. The highest BCUT2D eigenvalue weighted by Gasteiger charge is 2.10. The van der Waals surface area contributed by atoms with Crippen LogP contribution < -0.4 is 10.1 Å². The Morgan fingerprint density at radius 1 is 1.43 bits per heavy atom. The summed E-state index contributed by atoms with van der Waals surface area (Å²) in [6, 6.07) is 7.71. The topological polar surface area (TPSA) is 67.0 Å². The fourth-order valence-electron chi connectivity index (χ4n) is 1.81. The fourth-order valence-corrected chi connectivity index (χ4v) is 2.52. The van der Waals surface area contributed by atoms with Gasteiger partial charge < -0.3 is 10.1 Å². The van der Waals surface area contributed by atoms with Crippen LogP contribution in [0.5, 0.6) is 5.75 Å². The van der Waals surface area contributed by atoms with E-state index in [0.29, 0.717) is 12.4 Å². The molecule has 2 aromatic rings. The van der Waals surface area contributed by atoms with Crippen molar-refractivity contribution in [1.29, 1.82) is 0 Å². The second-order valence-electron chi connectivity index (χ2n) is 4.51. The van der Waals surface area contributed by atoms with Gasteiger partial charge in [0.25, 0.3) is 0 Å². The number of thioether (sulfide) groups is 1.